The van der Waals surface area contributed by atoms with Crippen molar-refractivity contribution in [3.05, 3.63) is 33.0 Å². The topological polar surface area (TPSA) is 64.7 Å². The van der Waals surface area contributed by atoms with Crippen LogP contribution in [0.2, 0.25) is 10.0 Å². The summed E-state index contributed by atoms with van der Waals surface area (Å²) in [6, 6.07) is 1.58. The van der Waals surface area contributed by atoms with E-state index in [0.29, 0.717) is 31.9 Å². The Bertz CT molecular complexity index is 547. The molecular weight excluding hydrogens is 315 g/mol. The van der Waals surface area contributed by atoms with Gasteiger partial charge in [0, 0.05) is 12.4 Å². The smallest absolute Gasteiger partial charge is 0.181 e. The van der Waals surface area contributed by atoms with Crippen LogP contribution in [-0.2, 0) is 0 Å². The van der Waals surface area contributed by atoms with Crippen molar-refractivity contribution in [2.45, 2.75) is 0 Å². The van der Waals surface area contributed by atoms with E-state index >= 15 is 0 Å². The van der Waals surface area contributed by atoms with Crippen molar-refractivity contribution in [3.63, 3.8) is 0 Å². The fourth-order valence-electron chi connectivity index (χ4n) is 1.07. The summed E-state index contributed by atoms with van der Waals surface area (Å²) < 4.78 is 0.626. The van der Waals surface area contributed by atoms with Gasteiger partial charge >= 0.3 is 0 Å². The normalized spacial score (nSPS) is 10.4. The fraction of sp³-hybridized carbons (Fsp3) is 0. The molecule has 0 aliphatic carbocycles. The van der Waals surface area contributed by atoms with E-state index in [9.17, 15) is 0 Å². The molecule has 0 aliphatic rings. The molecule has 0 fully saturated rings. The predicted molar refractivity (Wildman–Crippen MR) is 67.4 cm³/mol. The lowest BCUT2D eigenvalue weighted by Gasteiger charge is -2.03. The minimum absolute atomic E-state index is 0.331. The minimum Gasteiger partial charge on any atom is -0.383 e. The lowest BCUT2D eigenvalue weighted by molar-refractivity contribution is 1.14. The maximum Gasteiger partial charge on any atom is 0.181 e. The Kier molecular flexibility index (Phi) is 3.28. The molecule has 0 atom stereocenters. The monoisotopic (exact) mass is 318 g/mol. The van der Waals surface area contributed by atoms with Gasteiger partial charge in [-0.15, -0.1) is 0 Å². The number of halogens is 3. The molecule has 0 saturated carbocycles. The van der Waals surface area contributed by atoms with Crippen LogP contribution in [0, 0.1) is 0 Å². The highest BCUT2D eigenvalue weighted by Gasteiger charge is 2.10. The summed E-state index contributed by atoms with van der Waals surface area (Å²) in [6.45, 7) is 0. The molecule has 7 heteroatoms. The van der Waals surface area contributed by atoms with Gasteiger partial charge in [-0.2, -0.15) is 0 Å². The number of hydrogen-bond acceptors (Lipinski definition) is 4. The van der Waals surface area contributed by atoms with Crippen LogP contribution in [0.3, 0.4) is 0 Å². The number of nitrogen functional groups attached to an aromatic ring is 1. The first kappa shape index (κ1) is 11.6. The van der Waals surface area contributed by atoms with Crippen LogP contribution in [0.4, 0.5) is 5.82 Å². The van der Waals surface area contributed by atoms with Gasteiger partial charge in [-0.25, -0.2) is 15.0 Å². The number of pyridine rings is 1. The zero-order chi connectivity index (χ0) is 11.7. The van der Waals surface area contributed by atoms with Crippen molar-refractivity contribution < 1.29 is 0 Å². The fourth-order valence-corrected chi connectivity index (χ4v) is 1.73. The molecule has 2 rings (SSSR count). The quantitative estimate of drug-likeness (QED) is 0.876. The minimum atomic E-state index is 0.331. The molecule has 4 nitrogen and oxygen atoms in total. The lowest BCUT2D eigenvalue weighted by Crippen LogP contribution is -1.98. The molecule has 0 saturated heterocycles. The Morgan fingerprint density at radius 1 is 1.19 bits per heavy atom. The van der Waals surface area contributed by atoms with Crippen LogP contribution in [0.1, 0.15) is 0 Å². The lowest BCUT2D eigenvalue weighted by atomic mass is 10.3. The number of hydrogen-bond donors (Lipinski definition) is 1. The maximum absolute atomic E-state index is 5.98. The van der Waals surface area contributed by atoms with E-state index in [1.165, 1.54) is 6.20 Å². The first-order chi connectivity index (χ1) is 7.58. The Labute approximate surface area is 110 Å². The van der Waals surface area contributed by atoms with Crippen molar-refractivity contribution in [1.29, 1.82) is 0 Å². The molecule has 0 unspecified atom stereocenters. The highest BCUT2D eigenvalue weighted by molar-refractivity contribution is 9.10. The van der Waals surface area contributed by atoms with Gasteiger partial charge in [0.1, 0.15) is 11.5 Å². The molecule has 2 N–H and O–H groups in total. The van der Waals surface area contributed by atoms with Crippen LogP contribution >= 0.6 is 39.1 Å². The van der Waals surface area contributed by atoms with Crippen LogP contribution in [0.15, 0.2) is 22.9 Å². The van der Waals surface area contributed by atoms with E-state index in [4.69, 9.17) is 28.9 Å². The zero-order valence-corrected chi connectivity index (χ0v) is 10.9. The van der Waals surface area contributed by atoms with Crippen LogP contribution in [0.25, 0.3) is 11.5 Å². The Morgan fingerprint density at radius 3 is 2.56 bits per heavy atom. The third-order valence-corrected chi connectivity index (χ3v) is 2.90. The molecule has 0 spiro atoms. The zero-order valence-electron chi connectivity index (χ0n) is 7.78. The molecule has 0 aliphatic heterocycles. The van der Waals surface area contributed by atoms with E-state index in [0.717, 1.165) is 0 Å². The molecule has 82 valence electrons. The van der Waals surface area contributed by atoms with Crippen LogP contribution in [0.5, 0.6) is 0 Å². The van der Waals surface area contributed by atoms with Crippen LogP contribution in [-0.4, -0.2) is 15.0 Å². The molecule has 0 bridgehead atoms. The molecular formula is C9H5BrCl2N4. The summed E-state index contributed by atoms with van der Waals surface area (Å²) >= 11 is 14.9. The van der Waals surface area contributed by atoms with E-state index in [1.54, 1.807) is 12.3 Å². The average Bonchev–Trinajstić information content (AvgIpc) is 2.22. The summed E-state index contributed by atoms with van der Waals surface area (Å²) in [5.74, 6) is 0.695. The number of nitrogens with zero attached hydrogens (tertiary/aromatic N) is 3. The Hall–Kier alpha value is -0.910. The summed E-state index contributed by atoms with van der Waals surface area (Å²) in [4.78, 5) is 12.2. The largest absolute Gasteiger partial charge is 0.383 e. The first-order valence-corrected chi connectivity index (χ1v) is 5.72. The van der Waals surface area contributed by atoms with Gasteiger partial charge in [0.05, 0.1) is 14.5 Å². The van der Waals surface area contributed by atoms with Gasteiger partial charge in [-0.05, 0) is 22.0 Å². The second-order valence-electron chi connectivity index (χ2n) is 2.91. The SMILES string of the molecule is Nc1nc(-c2ncc(Cl)cc2Cl)ncc1Br. The summed E-state index contributed by atoms with van der Waals surface area (Å²) in [5, 5.41) is 0.841. The Balaban J connectivity index is 2.54. The van der Waals surface area contributed by atoms with Gasteiger partial charge in [-0.1, -0.05) is 23.2 Å². The summed E-state index contributed by atoms with van der Waals surface area (Å²) in [6.07, 6.45) is 3.02. The highest BCUT2D eigenvalue weighted by atomic mass is 79.9. The van der Waals surface area contributed by atoms with Gasteiger partial charge in [0.15, 0.2) is 5.82 Å². The first-order valence-electron chi connectivity index (χ1n) is 4.17. The molecule has 16 heavy (non-hydrogen) atoms. The van der Waals surface area contributed by atoms with Crippen molar-refractivity contribution >= 4 is 44.9 Å². The third kappa shape index (κ3) is 2.26. The second-order valence-corrected chi connectivity index (χ2v) is 4.61. The molecule has 2 aromatic heterocycles. The number of rotatable bonds is 1. The Morgan fingerprint density at radius 2 is 1.94 bits per heavy atom. The molecule has 0 radical (unpaired) electrons. The molecule has 2 heterocycles. The van der Waals surface area contributed by atoms with E-state index in [-0.39, 0.29) is 0 Å². The summed E-state index contributed by atoms with van der Waals surface area (Å²) in [7, 11) is 0. The average molecular weight is 320 g/mol. The summed E-state index contributed by atoms with van der Waals surface area (Å²) in [5.41, 5.74) is 6.09. The standard InChI is InChI=1S/C9H5BrCl2N4/c10-5-3-15-9(16-8(5)13)7-6(12)1-4(11)2-14-7/h1-3H,(H2,13,15,16). The highest BCUT2D eigenvalue weighted by Crippen LogP contribution is 2.27. The molecule has 0 amide bonds. The molecule has 2 aromatic rings. The van der Waals surface area contributed by atoms with Crippen LogP contribution < -0.4 is 5.73 Å². The van der Waals surface area contributed by atoms with Crippen molar-refractivity contribution in [3.8, 4) is 11.5 Å². The van der Waals surface area contributed by atoms with Gasteiger partial charge in [-0.3, -0.25) is 0 Å². The molecule has 0 aromatic carbocycles. The van der Waals surface area contributed by atoms with Gasteiger partial charge < -0.3 is 5.73 Å². The predicted octanol–water partition coefficient (Wildman–Crippen LogP) is 3.19. The van der Waals surface area contributed by atoms with E-state index in [2.05, 4.69) is 30.9 Å². The number of aromatic nitrogens is 3. The van der Waals surface area contributed by atoms with Crippen molar-refractivity contribution in [2.24, 2.45) is 0 Å². The maximum atomic E-state index is 5.98. The van der Waals surface area contributed by atoms with Crippen molar-refractivity contribution in [1.82, 2.24) is 15.0 Å². The van der Waals surface area contributed by atoms with E-state index in [1.807, 2.05) is 0 Å². The van der Waals surface area contributed by atoms with Gasteiger partial charge in [0.2, 0.25) is 0 Å². The van der Waals surface area contributed by atoms with Crippen molar-refractivity contribution in [2.75, 3.05) is 5.73 Å². The third-order valence-electron chi connectivity index (χ3n) is 1.79. The van der Waals surface area contributed by atoms with Gasteiger partial charge in [0.25, 0.3) is 0 Å². The number of anilines is 1. The second kappa shape index (κ2) is 4.53. The number of nitrogens with two attached hydrogens (primary N) is 1. The van der Waals surface area contributed by atoms with E-state index < -0.39 is 0 Å².